The van der Waals surface area contributed by atoms with Gasteiger partial charge in [0.2, 0.25) is 5.91 Å². The second kappa shape index (κ2) is 6.31. The van der Waals surface area contributed by atoms with Gasteiger partial charge < -0.3 is 10.6 Å². The highest BCUT2D eigenvalue weighted by Crippen LogP contribution is 2.12. The van der Waals surface area contributed by atoms with Gasteiger partial charge in [0.05, 0.1) is 12.2 Å². The Morgan fingerprint density at radius 1 is 1.33 bits per heavy atom. The van der Waals surface area contributed by atoms with Crippen molar-refractivity contribution in [1.29, 1.82) is 0 Å². The van der Waals surface area contributed by atoms with Crippen molar-refractivity contribution < 1.29 is 9.18 Å². The third-order valence-electron chi connectivity index (χ3n) is 2.97. The average molecular weight is 248 g/mol. The minimum Gasteiger partial charge on any atom is -0.322 e. The Labute approximate surface area is 106 Å². The Kier molecular flexibility index (Phi) is 4.47. The van der Waals surface area contributed by atoms with Crippen molar-refractivity contribution in [2.75, 3.05) is 11.9 Å². The SMILES string of the molecule is O=C(CNC1CC=CCC1)Nc1ccccc1F. The zero-order chi connectivity index (χ0) is 12.8. The molecule has 1 aromatic carbocycles. The molecule has 1 aliphatic rings. The molecule has 0 fully saturated rings. The van der Waals surface area contributed by atoms with Gasteiger partial charge in [0.25, 0.3) is 0 Å². The topological polar surface area (TPSA) is 41.1 Å². The molecule has 1 aromatic rings. The molecule has 0 spiro atoms. The highest BCUT2D eigenvalue weighted by molar-refractivity contribution is 5.92. The molecule has 0 bridgehead atoms. The Balaban J connectivity index is 1.78. The first-order chi connectivity index (χ1) is 8.75. The van der Waals surface area contributed by atoms with E-state index in [4.69, 9.17) is 0 Å². The van der Waals surface area contributed by atoms with E-state index in [1.807, 2.05) is 0 Å². The fraction of sp³-hybridized carbons (Fsp3) is 0.357. The van der Waals surface area contributed by atoms with Gasteiger partial charge in [-0.3, -0.25) is 4.79 Å². The van der Waals surface area contributed by atoms with E-state index in [0.717, 1.165) is 19.3 Å². The summed E-state index contributed by atoms with van der Waals surface area (Å²) in [5, 5.41) is 5.73. The number of amides is 1. The van der Waals surface area contributed by atoms with Crippen molar-refractivity contribution >= 4 is 11.6 Å². The van der Waals surface area contributed by atoms with Crippen LogP contribution in [0.5, 0.6) is 0 Å². The van der Waals surface area contributed by atoms with Crippen molar-refractivity contribution in [2.24, 2.45) is 0 Å². The number of carbonyl (C=O) groups excluding carboxylic acids is 1. The molecular weight excluding hydrogens is 231 g/mol. The van der Waals surface area contributed by atoms with Crippen LogP contribution < -0.4 is 10.6 Å². The number of nitrogens with one attached hydrogen (secondary N) is 2. The number of rotatable bonds is 4. The summed E-state index contributed by atoms with van der Waals surface area (Å²) in [5.41, 5.74) is 0.229. The summed E-state index contributed by atoms with van der Waals surface area (Å²) in [5.74, 6) is -0.624. The van der Waals surface area contributed by atoms with Crippen LogP contribution in [0.1, 0.15) is 19.3 Å². The lowest BCUT2D eigenvalue weighted by atomic mass is 10.0. The summed E-state index contributed by atoms with van der Waals surface area (Å²) in [7, 11) is 0. The molecule has 0 saturated carbocycles. The first-order valence-electron chi connectivity index (χ1n) is 6.18. The lowest BCUT2D eigenvalue weighted by molar-refractivity contribution is -0.115. The molecule has 2 rings (SSSR count). The van der Waals surface area contributed by atoms with E-state index in [-0.39, 0.29) is 18.1 Å². The molecule has 1 amide bonds. The van der Waals surface area contributed by atoms with Gasteiger partial charge in [0.1, 0.15) is 5.82 Å². The third-order valence-corrected chi connectivity index (χ3v) is 2.97. The van der Waals surface area contributed by atoms with E-state index in [2.05, 4.69) is 22.8 Å². The first-order valence-corrected chi connectivity index (χ1v) is 6.18. The number of benzene rings is 1. The third kappa shape index (κ3) is 3.67. The van der Waals surface area contributed by atoms with Crippen LogP contribution in [0.2, 0.25) is 0 Å². The van der Waals surface area contributed by atoms with E-state index in [0.29, 0.717) is 6.04 Å². The molecule has 0 radical (unpaired) electrons. The molecular formula is C14H17FN2O. The zero-order valence-electron chi connectivity index (χ0n) is 10.2. The van der Waals surface area contributed by atoms with Gasteiger partial charge in [-0.05, 0) is 31.4 Å². The van der Waals surface area contributed by atoms with Gasteiger partial charge in [-0.25, -0.2) is 4.39 Å². The van der Waals surface area contributed by atoms with Crippen molar-refractivity contribution in [3.8, 4) is 0 Å². The van der Waals surface area contributed by atoms with E-state index >= 15 is 0 Å². The molecule has 18 heavy (non-hydrogen) atoms. The highest BCUT2D eigenvalue weighted by Gasteiger charge is 2.11. The maximum Gasteiger partial charge on any atom is 0.238 e. The molecule has 4 heteroatoms. The summed E-state index contributed by atoms with van der Waals surface area (Å²) in [6.45, 7) is 0.215. The fourth-order valence-electron chi connectivity index (χ4n) is 1.97. The van der Waals surface area contributed by atoms with Crippen LogP contribution in [0.15, 0.2) is 36.4 Å². The van der Waals surface area contributed by atoms with Gasteiger partial charge in [-0.1, -0.05) is 24.3 Å². The average Bonchev–Trinajstić information content (AvgIpc) is 2.40. The maximum absolute atomic E-state index is 13.3. The predicted molar refractivity (Wildman–Crippen MR) is 69.8 cm³/mol. The molecule has 0 saturated heterocycles. The second-order valence-electron chi connectivity index (χ2n) is 4.39. The molecule has 3 nitrogen and oxygen atoms in total. The van der Waals surface area contributed by atoms with Crippen LogP contribution in [0.25, 0.3) is 0 Å². The number of hydrogen-bond acceptors (Lipinski definition) is 2. The fourth-order valence-corrected chi connectivity index (χ4v) is 1.97. The van der Waals surface area contributed by atoms with Crippen LogP contribution in [0, 0.1) is 5.82 Å². The Morgan fingerprint density at radius 3 is 2.89 bits per heavy atom. The molecule has 1 aliphatic carbocycles. The molecule has 2 N–H and O–H groups in total. The van der Waals surface area contributed by atoms with Crippen LogP contribution in [0.3, 0.4) is 0 Å². The lowest BCUT2D eigenvalue weighted by Gasteiger charge is -2.19. The molecule has 1 unspecified atom stereocenters. The normalized spacial score (nSPS) is 18.6. The van der Waals surface area contributed by atoms with E-state index in [1.54, 1.807) is 18.2 Å². The summed E-state index contributed by atoms with van der Waals surface area (Å²) in [4.78, 5) is 11.6. The van der Waals surface area contributed by atoms with Gasteiger partial charge in [-0.15, -0.1) is 0 Å². The van der Waals surface area contributed by atoms with Crippen LogP contribution >= 0.6 is 0 Å². The molecule has 96 valence electrons. The minimum absolute atomic E-state index is 0.213. The Morgan fingerprint density at radius 2 is 2.17 bits per heavy atom. The van der Waals surface area contributed by atoms with Crippen LogP contribution in [-0.2, 0) is 4.79 Å². The minimum atomic E-state index is -0.411. The smallest absolute Gasteiger partial charge is 0.238 e. The van der Waals surface area contributed by atoms with Crippen LogP contribution in [0.4, 0.5) is 10.1 Å². The Bertz CT molecular complexity index is 445. The maximum atomic E-state index is 13.3. The van der Waals surface area contributed by atoms with E-state index in [9.17, 15) is 9.18 Å². The quantitative estimate of drug-likeness (QED) is 0.804. The predicted octanol–water partition coefficient (Wildman–Crippen LogP) is 2.46. The molecule has 0 aromatic heterocycles. The number of allylic oxidation sites excluding steroid dienone is 1. The van der Waals surface area contributed by atoms with Crippen molar-refractivity contribution in [1.82, 2.24) is 5.32 Å². The van der Waals surface area contributed by atoms with Crippen molar-refractivity contribution in [3.05, 3.63) is 42.2 Å². The number of hydrogen-bond donors (Lipinski definition) is 2. The number of carbonyl (C=O) groups is 1. The monoisotopic (exact) mass is 248 g/mol. The van der Waals surface area contributed by atoms with Gasteiger partial charge in [-0.2, -0.15) is 0 Å². The summed E-state index contributed by atoms with van der Waals surface area (Å²) in [6.07, 6.45) is 7.32. The number of anilines is 1. The zero-order valence-corrected chi connectivity index (χ0v) is 10.2. The summed E-state index contributed by atoms with van der Waals surface area (Å²) >= 11 is 0. The number of halogens is 1. The molecule has 0 aliphatic heterocycles. The van der Waals surface area contributed by atoms with Gasteiger partial charge >= 0.3 is 0 Å². The molecule has 1 atom stereocenters. The van der Waals surface area contributed by atoms with Gasteiger partial charge in [0, 0.05) is 6.04 Å². The summed E-state index contributed by atoms with van der Waals surface area (Å²) < 4.78 is 13.3. The number of para-hydroxylation sites is 1. The van der Waals surface area contributed by atoms with Crippen molar-refractivity contribution in [3.63, 3.8) is 0 Å². The van der Waals surface area contributed by atoms with Crippen molar-refractivity contribution in [2.45, 2.75) is 25.3 Å². The largest absolute Gasteiger partial charge is 0.322 e. The van der Waals surface area contributed by atoms with Crippen LogP contribution in [-0.4, -0.2) is 18.5 Å². The highest BCUT2D eigenvalue weighted by atomic mass is 19.1. The summed E-state index contributed by atoms with van der Waals surface area (Å²) in [6, 6.07) is 6.52. The van der Waals surface area contributed by atoms with Gasteiger partial charge in [0.15, 0.2) is 0 Å². The first kappa shape index (κ1) is 12.8. The lowest BCUT2D eigenvalue weighted by Crippen LogP contribution is -2.36. The second-order valence-corrected chi connectivity index (χ2v) is 4.39. The Hall–Kier alpha value is -1.68. The standard InChI is InChI=1S/C14H17FN2O/c15-12-8-4-5-9-13(12)17-14(18)10-16-11-6-2-1-3-7-11/h1-2,4-5,8-9,11,16H,3,6-7,10H2,(H,17,18). The molecule has 0 heterocycles. The van der Waals surface area contributed by atoms with E-state index < -0.39 is 5.82 Å². The van der Waals surface area contributed by atoms with E-state index in [1.165, 1.54) is 6.07 Å².